The van der Waals surface area contributed by atoms with Crippen LogP contribution in [0.4, 0.5) is 5.13 Å². The summed E-state index contributed by atoms with van der Waals surface area (Å²) in [4.78, 5) is 17.4. The van der Waals surface area contributed by atoms with Crippen molar-refractivity contribution >= 4 is 34.0 Å². The highest BCUT2D eigenvalue weighted by Gasteiger charge is 2.22. The molecule has 2 N–H and O–H groups in total. The molecular weight excluding hydrogens is 318 g/mol. The van der Waals surface area contributed by atoms with E-state index in [0.717, 1.165) is 46.8 Å². The molecule has 1 aliphatic rings. The second-order valence-corrected chi connectivity index (χ2v) is 7.05. The summed E-state index contributed by atoms with van der Waals surface area (Å²) in [6.45, 7) is 2.90. The number of hydrogen-bond acceptors (Lipinski definition) is 4. The van der Waals surface area contributed by atoms with Crippen LogP contribution in [0.3, 0.4) is 0 Å². The number of nitrogens with zero attached hydrogens (tertiary/aromatic N) is 1. The lowest BCUT2D eigenvalue weighted by Gasteiger charge is -2.08. The Morgan fingerprint density at radius 1 is 1.55 bits per heavy atom. The van der Waals surface area contributed by atoms with Crippen LogP contribution in [0.1, 0.15) is 28.8 Å². The minimum absolute atomic E-state index is 0.0109. The molecule has 0 bridgehead atoms. The molecule has 0 aliphatic carbocycles. The molecule has 1 amide bonds. The van der Waals surface area contributed by atoms with E-state index in [1.165, 1.54) is 11.3 Å². The van der Waals surface area contributed by atoms with Crippen molar-refractivity contribution in [1.82, 2.24) is 10.3 Å². The van der Waals surface area contributed by atoms with Crippen molar-refractivity contribution < 1.29 is 4.79 Å². The number of carbonyl (C=O) groups is 1. The van der Waals surface area contributed by atoms with E-state index in [2.05, 4.69) is 21.7 Å². The Bertz CT molecular complexity index is 680. The van der Waals surface area contributed by atoms with Crippen molar-refractivity contribution in [2.75, 3.05) is 11.9 Å². The number of halogens is 1. The number of amides is 1. The quantitative estimate of drug-likeness (QED) is 0.900. The Kier molecular flexibility index (Phi) is 4.76. The van der Waals surface area contributed by atoms with E-state index in [1.54, 1.807) is 0 Å². The molecule has 1 unspecified atom stereocenters. The minimum atomic E-state index is -0.0803. The normalized spacial score (nSPS) is 17.6. The van der Waals surface area contributed by atoms with Crippen LogP contribution in [0.25, 0.3) is 0 Å². The number of hydrogen-bond donors (Lipinski definition) is 2. The van der Waals surface area contributed by atoms with Crippen molar-refractivity contribution in [3.8, 4) is 0 Å². The van der Waals surface area contributed by atoms with Gasteiger partial charge in [-0.3, -0.25) is 4.79 Å². The molecule has 0 spiro atoms. The van der Waals surface area contributed by atoms with Crippen molar-refractivity contribution in [1.29, 1.82) is 0 Å². The third-order valence-corrected chi connectivity index (χ3v) is 5.10. The largest absolute Gasteiger partial charge is 0.306 e. The van der Waals surface area contributed by atoms with Crippen LogP contribution in [0.5, 0.6) is 0 Å². The molecule has 1 saturated heterocycles. The summed E-state index contributed by atoms with van der Waals surface area (Å²) in [5, 5.41) is 7.51. The fourth-order valence-corrected chi connectivity index (χ4v) is 3.55. The molecule has 4 nitrogen and oxygen atoms in total. The topological polar surface area (TPSA) is 54.0 Å². The molecule has 3 rings (SSSR count). The molecule has 22 heavy (non-hydrogen) atoms. The molecule has 1 atom stereocenters. The van der Waals surface area contributed by atoms with Gasteiger partial charge in [0.1, 0.15) is 0 Å². The van der Waals surface area contributed by atoms with E-state index in [1.807, 2.05) is 25.3 Å². The molecular formula is C16H18ClN3OS. The highest BCUT2D eigenvalue weighted by molar-refractivity contribution is 7.15. The van der Waals surface area contributed by atoms with Gasteiger partial charge in [-0.2, -0.15) is 0 Å². The highest BCUT2D eigenvalue weighted by Crippen LogP contribution is 2.24. The first-order valence-electron chi connectivity index (χ1n) is 7.36. The first kappa shape index (κ1) is 15.5. The number of nitrogens with one attached hydrogen (secondary N) is 2. The van der Waals surface area contributed by atoms with Crippen molar-refractivity contribution in [3.05, 3.63) is 45.4 Å². The van der Waals surface area contributed by atoms with E-state index in [9.17, 15) is 4.79 Å². The summed E-state index contributed by atoms with van der Waals surface area (Å²) < 4.78 is 0. The average Bonchev–Trinajstić information content (AvgIpc) is 3.15. The molecule has 0 radical (unpaired) electrons. The van der Waals surface area contributed by atoms with Crippen LogP contribution in [0.2, 0.25) is 5.02 Å². The Morgan fingerprint density at radius 3 is 3.14 bits per heavy atom. The predicted octanol–water partition coefficient (Wildman–Crippen LogP) is 3.39. The zero-order valence-corrected chi connectivity index (χ0v) is 13.9. The summed E-state index contributed by atoms with van der Waals surface area (Å²) in [6, 6.07) is 6.00. The van der Waals surface area contributed by atoms with E-state index in [0.29, 0.717) is 5.13 Å². The van der Waals surface area contributed by atoms with Crippen LogP contribution < -0.4 is 10.6 Å². The van der Waals surface area contributed by atoms with Crippen molar-refractivity contribution in [2.24, 2.45) is 0 Å². The number of thiazole rings is 1. The molecule has 1 fully saturated rings. The third kappa shape index (κ3) is 3.66. The molecule has 1 aliphatic heterocycles. The van der Waals surface area contributed by atoms with Crippen LogP contribution in [0, 0.1) is 6.92 Å². The third-order valence-electron chi connectivity index (χ3n) is 3.78. The number of benzene rings is 1. The maximum atomic E-state index is 12.0. The molecule has 116 valence electrons. The lowest BCUT2D eigenvalue weighted by atomic mass is 10.1. The number of anilines is 1. The first-order chi connectivity index (χ1) is 10.6. The average molecular weight is 336 g/mol. The Morgan fingerprint density at radius 2 is 2.41 bits per heavy atom. The van der Waals surface area contributed by atoms with Gasteiger partial charge in [0.2, 0.25) is 5.91 Å². The summed E-state index contributed by atoms with van der Waals surface area (Å²) in [5.74, 6) is 0.0109. The van der Waals surface area contributed by atoms with Gasteiger partial charge in [0.15, 0.2) is 5.13 Å². The number of aryl methyl sites for hydroxylation is 1. The fraction of sp³-hybridized carbons (Fsp3) is 0.375. The van der Waals surface area contributed by atoms with Crippen LogP contribution >= 0.6 is 22.9 Å². The minimum Gasteiger partial charge on any atom is -0.306 e. The zero-order valence-electron chi connectivity index (χ0n) is 12.4. The van der Waals surface area contributed by atoms with Crippen LogP contribution in [-0.2, 0) is 11.2 Å². The van der Waals surface area contributed by atoms with Gasteiger partial charge in [-0.1, -0.05) is 23.7 Å². The van der Waals surface area contributed by atoms with Gasteiger partial charge < -0.3 is 10.6 Å². The van der Waals surface area contributed by atoms with Crippen molar-refractivity contribution in [2.45, 2.75) is 32.2 Å². The molecule has 6 heteroatoms. The molecule has 2 heterocycles. The summed E-state index contributed by atoms with van der Waals surface area (Å²) in [6.07, 6.45) is 4.53. The Balaban J connectivity index is 1.63. The van der Waals surface area contributed by atoms with Gasteiger partial charge in [0.25, 0.3) is 0 Å². The lowest BCUT2D eigenvalue weighted by Crippen LogP contribution is -2.35. The fourth-order valence-electron chi connectivity index (χ4n) is 2.50. The standard InChI is InChI=1S/C16H18ClN3OS/c1-10-4-5-11(8-13(10)17)7-12-9-19-16(22-12)20-15(21)14-3-2-6-18-14/h4-5,8-9,14,18H,2-3,6-7H2,1H3,(H,19,20,21). The van der Waals surface area contributed by atoms with Gasteiger partial charge in [0, 0.05) is 22.5 Å². The molecule has 1 aromatic carbocycles. The number of carbonyl (C=O) groups excluding carboxylic acids is 1. The van der Waals surface area contributed by atoms with E-state index in [4.69, 9.17) is 11.6 Å². The summed E-state index contributed by atoms with van der Waals surface area (Å²) in [7, 11) is 0. The lowest BCUT2D eigenvalue weighted by molar-refractivity contribution is -0.117. The zero-order chi connectivity index (χ0) is 15.5. The Labute approximate surface area is 138 Å². The smallest absolute Gasteiger partial charge is 0.243 e. The first-order valence-corrected chi connectivity index (χ1v) is 8.55. The Hall–Kier alpha value is -1.43. The van der Waals surface area contributed by atoms with Crippen LogP contribution in [-0.4, -0.2) is 23.5 Å². The SMILES string of the molecule is Cc1ccc(Cc2cnc(NC(=O)C3CCCN3)s2)cc1Cl. The highest BCUT2D eigenvalue weighted by atomic mass is 35.5. The maximum absolute atomic E-state index is 12.0. The van der Waals surface area contributed by atoms with Gasteiger partial charge in [0.05, 0.1) is 6.04 Å². The van der Waals surface area contributed by atoms with E-state index < -0.39 is 0 Å². The van der Waals surface area contributed by atoms with E-state index >= 15 is 0 Å². The second-order valence-electron chi connectivity index (χ2n) is 5.53. The molecule has 2 aromatic rings. The maximum Gasteiger partial charge on any atom is 0.243 e. The number of aromatic nitrogens is 1. The van der Waals surface area contributed by atoms with Crippen LogP contribution in [0.15, 0.2) is 24.4 Å². The monoisotopic (exact) mass is 335 g/mol. The molecule has 1 aromatic heterocycles. The predicted molar refractivity (Wildman–Crippen MR) is 90.8 cm³/mol. The van der Waals surface area contributed by atoms with Gasteiger partial charge in [-0.25, -0.2) is 4.98 Å². The van der Waals surface area contributed by atoms with Gasteiger partial charge in [-0.05, 0) is 43.5 Å². The molecule has 0 saturated carbocycles. The second kappa shape index (κ2) is 6.77. The number of rotatable bonds is 4. The summed E-state index contributed by atoms with van der Waals surface area (Å²) in [5.41, 5.74) is 2.22. The van der Waals surface area contributed by atoms with Crippen molar-refractivity contribution in [3.63, 3.8) is 0 Å². The van der Waals surface area contributed by atoms with Gasteiger partial charge in [-0.15, -0.1) is 11.3 Å². The van der Waals surface area contributed by atoms with Gasteiger partial charge >= 0.3 is 0 Å². The summed E-state index contributed by atoms with van der Waals surface area (Å²) >= 11 is 7.66. The van der Waals surface area contributed by atoms with E-state index in [-0.39, 0.29) is 11.9 Å².